The first kappa shape index (κ1) is 12.8. The van der Waals surface area contributed by atoms with E-state index in [1.165, 1.54) is 17.7 Å². The Hall–Kier alpha value is -0.240. The summed E-state index contributed by atoms with van der Waals surface area (Å²) >= 11 is 1.97. The maximum absolute atomic E-state index is 11.8. The van der Waals surface area contributed by atoms with Gasteiger partial charge in [0.25, 0.3) is 0 Å². The highest BCUT2D eigenvalue weighted by molar-refractivity contribution is 7.99. The van der Waals surface area contributed by atoms with E-state index in [2.05, 4.69) is 27.4 Å². The second kappa shape index (κ2) is 5.74. The van der Waals surface area contributed by atoms with Gasteiger partial charge >= 0.3 is 0 Å². The number of hydrogen-bond acceptors (Lipinski definition) is 2. The molecule has 0 aromatic heterocycles. The van der Waals surface area contributed by atoms with Crippen LogP contribution in [0.1, 0.15) is 40.0 Å². The van der Waals surface area contributed by atoms with Gasteiger partial charge in [-0.2, -0.15) is 11.8 Å². The predicted octanol–water partition coefficient (Wildman–Crippen LogP) is 3.69. The Bertz CT molecular complexity index is 247. The Kier molecular flexibility index (Phi) is 4.91. The van der Waals surface area contributed by atoms with Gasteiger partial charge < -0.3 is 0 Å². The average Bonchev–Trinajstić information content (AvgIpc) is 2.19. The van der Waals surface area contributed by atoms with Gasteiger partial charge in [-0.15, -0.1) is 0 Å². The van der Waals surface area contributed by atoms with Crippen LogP contribution in [-0.4, -0.2) is 16.8 Å². The summed E-state index contributed by atoms with van der Waals surface area (Å²) in [7, 11) is 0. The predicted molar refractivity (Wildman–Crippen MR) is 68.2 cm³/mol. The summed E-state index contributed by atoms with van der Waals surface area (Å²) < 4.78 is 0. The third-order valence-corrected chi connectivity index (χ3v) is 4.94. The molecular formula is C13H22OS. The van der Waals surface area contributed by atoms with Gasteiger partial charge in [0, 0.05) is 17.6 Å². The topological polar surface area (TPSA) is 17.1 Å². The van der Waals surface area contributed by atoms with Crippen LogP contribution in [0.2, 0.25) is 0 Å². The van der Waals surface area contributed by atoms with Gasteiger partial charge in [0.15, 0.2) is 0 Å². The van der Waals surface area contributed by atoms with Crippen molar-refractivity contribution < 1.29 is 4.79 Å². The van der Waals surface area contributed by atoms with Crippen molar-refractivity contribution in [3.63, 3.8) is 0 Å². The number of rotatable bonds is 4. The average molecular weight is 226 g/mol. The molecule has 2 heteroatoms. The normalized spacial score (nSPS) is 31.7. The lowest BCUT2D eigenvalue weighted by molar-refractivity contribution is -0.124. The van der Waals surface area contributed by atoms with Gasteiger partial charge in [-0.1, -0.05) is 26.0 Å². The Morgan fingerprint density at radius 3 is 2.80 bits per heavy atom. The van der Waals surface area contributed by atoms with Crippen molar-refractivity contribution >= 4 is 17.5 Å². The Morgan fingerprint density at radius 2 is 2.27 bits per heavy atom. The molecule has 15 heavy (non-hydrogen) atoms. The third-order valence-electron chi connectivity index (χ3n) is 3.26. The zero-order valence-electron chi connectivity index (χ0n) is 10.1. The van der Waals surface area contributed by atoms with E-state index < -0.39 is 0 Å². The number of carbonyl (C=O) groups excluding carboxylic acids is 1. The zero-order chi connectivity index (χ0) is 11.4. The largest absolute Gasteiger partial charge is 0.299 e. The molecule has 0 spiro atoms. The smallest absolute Gasteiger partial charge is 0.137 e. The van der Waals surface area contributed by atoms with Crippen LogP contribution in [0.15, 0.2) is 12.2 Å². The number of ketones is 1. The van der Waals surface area contributed by atoms with Gasteiger partial charge in [0.1, 0.15) is 5.78 Å². The molecule has 1 aliphatic rings. The van der Waals surface area contributed by atoms with Gasteiger partial charge in [0.2, 0.25) is 0 Å². The second-order valence-corrected chi connectivity index (χ2v) is 5.99. The molecule has 1 fully saturated rings. The molecule has 0 aromatic rings. The van der Waals surface area contributed by atoms with E-state index in [4.69, 9.17) is 0 Å². The molecule has 0 N–H and O–H groups in total. The minimum atomic E-state index is 0.247. The van der Waals surface area contributed by atoms with Crippen molar-refractivity contribution in [2.45, 2.75) is 45.3 Å². The minimum Gasteiger partial charge on any atom is -0.299 e. The fraction of sp³-hybridized carbons (Fsp3) is 0.769. The van der Waals surface area contributed by atoms with Crippen molar-refractivity contribution in [2.75, 3.05) is 5.75 Å². The maximum Gasteiger partial charge on any atom is 0.137 e. The molecule has 3 atom stereocenters. The molecule has 1 aliphatic carbocycles. The van der Waals surface area contributed by atoms with Crippen molar-refractivity contribution in [1.29, 1.82) is 0 Å². The first-order valence-electron chi connectivity index (χ1n) is 5.86. The molecule has 0 radical (unpaired) electrons. The van der Waals surface area contributed by atoms with Crippen LogP contribution in [0.5, 0.6) is 0 Å². The molecule has 0 heterocycles. The summed E-state index contributed by atoms with van der Waals surface area (Å²) in [6, 6.07) is 0. The summed E-state index contributed by atoms with van der Waals surface area (Å²) in [6.45, 7) is 10.3. The van der Waals surface area contributed by atoms with Crippen molar-refractivity contribution in [2.24, 2.45) is 11.8 Å². The highest BCUT2D eigenvalue weighted by atomic mass is 32.2. The molecule has 0 saturated heterocycles. The third kappa shape index (κ3) is 3.37. The van der Waals surface area contributed by atoms with Crippen molar-refractivity contribution in [3.05, 3.63) is 12.2 Å². The van der Waals surface area contributed by atoms with Crippen LogP contribution in [0, 0.1) is 11.8 Å². The van der Waals surface area contributed by atoms with Gasteiger partial charge in [0.05, 0.1) is 0 Å². The van der Waals surface area contributed by atoms with E-state index in [1.54, 1.807) is 0 Å². The maximum atomic E-state index is 11.8. The number of hydrogen-bond donors (Lipinski definition) is 0. The quantitative estimate of drug-likeness (QED) is 0.680. The molecule has 3 unspecified atom stereocenters. The van der Waals surface area contributed by atoms with Gasteiger partial charge in [-0.25, -0.2) is 0 Å². The van der Waals surface area contributed by atoms with Gasteiger partial charge in [-0.3, -0.25) is 4.79 Å². The molecule has 1 saturated carbocycles. The van der Waals surface area contributed by atoms with Crippen LogP contribution < -0.4 is 0 Å². The summed E-state index contributed by atoms with van der Waals surface area (Å²) in [5.74, 6) is 2.29. The summed E-state index contributed by atoms with van der Waals surface area (Å²) in [6.07, 6.45) is 3.06. The highest BCUT2D eigenvalue weighted by Crippen LogP contribution is 2.37. The lowest BCUT2D eigenvalue weighted by Gasteiger charge is -2.33. The fourth-order valence-electron chi connectivity index (χ4n) is 2.06. The van der Waals surface area contributed by atoms with E-state index >= 15 is 0 Å². The zero-order valence-corrected chi connectivity index (χ0v) is 10.9. The standard InChI is InChI=1S/C13H22OS/c1-5-6-15-13-8-11(9(2)3)7-12(14)10(13)4/h10-11,13H,2,5-8H2,1,3-4H3. The number of allylic oxidation sites excluding steroid dienone is 1. The van der Waals surface area contributed by atoms with Crippen LogP contribution in [-0.2, 0) is 4.79 Å². The molecule has 0 amide bonds. The summed E-state index contributed by atoms with van der Waals surface area (Å²) in [5.41, 5.74) is 1.18. The summed E-state index contributed by atoms with van der Waals surface area (Å²) in [4.78, 5) is 11.8. The van der Waals surface area contributed by atoms with Crippen molar-refractivity contribution in [3.8, 4) is 0 Å². The molecule has 1 nitrogen and oxygen atoms in total. The van der Waals surface area contributed by atoms with E-state index in [9.17, 15) is 4.79 Å². The van der Waals surface area contributed by atoms with E-state index in [0.717, 1.165) is 12.8 Å². The second-order valence-electron chi connectivity index (χ2n) is 4.65. The monoisotopic (exact) mass is 226 g/mol. The number of carbonyl (C=O) groups is 1. The van der Waals surface area contributed by atoms with E-state index in [0.29, 0.717) is 17.0 Å². The molecule has 0 aliphatic heterocycles. The van der Waals surface area contributed by atoms with E-state index in [1.807, 2.05) is 11.8 Å². The molecular weight excluding hydrogens is 204 g/mol. The molecule has 86 valence electrons. The molecule has 0 aromatic carbocycles. The molecule has 1 rings (SSSR count). The lowest BCUT2D eigenvalue weighted by Crippen LogP contribution is -2.33. The first-order chi connectivity index (χ1) is 7.06. The Morgan fingerprint density at radius 1 is 1.60 bits per heavy atom. The lowest BCUT2D eigenvalue weighted by atomic mass is 9.79. The van der Waals surface area contributed by atoms with E-state index in [-0.39, 0.29) is 5.92 Å². The van der Waals surface area contributed by atoms with Crippen LogP contribution >= 0.6 is 11.8 Å². The van der Waals surface area contributed by atoms with Crippen LogP contribution in [0.25, 0.3) is 0 Å². The highest BCUT2D eigenvalue weighted by Gasteiger charge is 2.33. The summed E-state index contributed by atoms with van der Waals surface area (Å²) in [5, 5.41) is 0.521. The molecule has 0 bridgehead atoms. The van der Waals surface area contributed by atoms with Crippen LogP contribution in [0.3, 0.4) is 0 Å². The number of Topliss-reactive ketones (excluding diaryl/α,β-unsaturated/α-hetero) is 1. The first-order valence-corrected chi connectivity index (χ1v) is 6.90. The van der Waals surface area contributed by atoms with Crippen LogP contribution in [0.4, 0.5) is 0 Å². The fourth-order valence-corrected chi connectivity index (χ4v) is 3.41. The van der Waals surface area contributed by atoms with Gasteiger partial charge in [-0.05, 0) is 31.4 Å². The Labute approximate surface area is 97.7 Å². The van der Waals surface area contributed by atoms with Crippen molar-refractivity contribution in [1.82, 2.24) is 0 Å². The number of thioether (sulfide) groups is 1. The SMILES string of the molecule is C=C(C)C1CC(=O)C(C)C(SCCC)C1. The Balaban J connectivity index is 2.60. The minimum absolute atomic E-state index is 0.247.